The Kier molecular flexibility index (Phi) is 5.83. The summed E-state index contributed by atoms with van der Waals surface area (Å²) in [4.78, 5) is 21.2. The van der Waals surface area contributed by atoms with E-state index in [1.165, 1.54) is 11.8 Å². The second kappa shape index (κ2) is 7.15. The van der Waals surface area contributed by atoms with E-state index in [2.05, 4.69) is 5.32 Å². The molecule has 0 aliphatic carbocycles. The summed E-state index contributed by atoms with van der Waals surface area (Å²) in [6.45, 7) is 0. The zero-order chi connectivity index (χ0) is 15.3. The topological polar surface area (TPSA) is 98.3 Å². The van der Waals surface area contributed by atoms with Gasteiger partial charge in [0, 0.05) is 12.1 Å². The molecule has 0 aliphatic rings. The van der Waals surface area contributed by atoms with Crippen LogP contribution >= 0.6 is 11.8 Å². The minimum absolute atomic E-state index is 0.348. The number of hydrogen-bond donors (Lipinski definition) is 2. The Morgan fingerprint density at radius 1 is 1.50 bits per heavy atom. The molecule has 0 saturated heterocycles. The molecule has 0 aromatic heterocycles. The molecule has 1 atom stereocenters. The third-order valence-electron chi connectivity index (χ3n) is 2.46. The minimum atomic E-state index is -1.31. The first-order chi connectivity index (χ1) is 9.36. The average Bonchev–Trinajstić information content (AvgIpc) is 2.38. The number of benzene rings is 1. The van der Waals surface area contributed by atoms with E-state index >= 15 is 0 Å². The van der Waals surface area contributed by atoms with Gasteiger partial charge in [-0.25, -0.2) is 4.39 Å². The van der Waals surface area contributed by atoms with Gasteiger partial charge in [-0.3, -0.25) is 14.9 Å². The fourth-order valence-electron chi connectivity index (χ4n) is 1.37. The van der Waals surface area contributed by atoms with Crippen molar-refractivity contribution >= 4 is 29.0 Å². The number of hydrogen-bond acceptors (Lipinski definition) is 5. The number of halogens is 2. The molecule has 0 fully saturated rings. The van der Waals surface area contributed by atoms with E-state index < -0.39 is 39.9 Å². The van der Waals surface area contributed by atoms with E-state index in [1.54, 1.807) is 0 Å². The van der Waals surface area contributed by atoms with Crippen LogP contribution in [-0.4, -0.2) is 28.9 Å². The second-order valence-corrected chi connectivity index (χ2v) is 4.90. The predicted octanol–water partition coefficient (Wildman–Crippen LogP) is 1.89. The lowest BCUT2D eigenvalue weighted by Gasteiger charge is -2.12. The number of amides is 1. The molecule has 1 amide bonds. The van der Waals surface area contributed by atoms with E-state index in [-0.39, 0.29) is 0 Å². The Bertz CT molecular complexity index is 528. The lowest BCUT2D eigenvalue weighted by Crippen LogP contribution is -2.36. The van der Waals surface area contributed by atoms with E-state index in [0.717, 1.165) is 0 Å². The smallest absolute Gasteiger partial charge is 0.307 e. The molecule has 0 spiro atoms. The molecule has 1 rings (SSSR count). The summed E-state index contributed by atoms with van der Waals surface area (Å²) in [7, 11) is 0. The molecule has 9 heteroatoms. The monoisotopic (exact) mass is 305 g/mol. The summed E-state index contributed by atoms with van der Waals surface area (Å²) in [5, 5.41) is 12.7. The van der Waals surface area contributed by atoms with Crippen LogP contribution in [0.4, 0.5) is 20.2 Å². The Morgan fingerprint density at radius 2 is 2.15 bits per heavy atom. The van der Waals surface area contributed by atoms with Crippen LogP contribution in [0.5, 0.6) is 0 Å². The number of nitro groups is 1. The number of carbonyl (C=O) groups excluding carboxylic acids is 1. The first-order valence-electron chi connectivity index (χ1n) is 5.55. The van der Waals surface area contributed by atoms with E-state index in [0.29, 0.717) is 24.3 Å². The fraction of sp³-hybridized carbons (Fsp3) is 0.364. The highest BCUT2D eigenvalue weighted by Crippen LogP contribution is 2.25. The van der Waals surface area contributed by atoms with Gasteiger partial charge in [-0.1, -0.05) is 0 Å². The zero-order valence-corrected chi connectivity index (χ0v) is 11.4. The van der Waals surface area contributed by atoms with Gasteiger partial charge in [0.25, 0.3) is 0 Å². The summed E-state index contributed by atoms with van der Waals surface area (Å²) >= 11 is 1.49. The van der Waals surface area contributed by atoms with Crippen molar-refractivity contribution < 1.29 is 18.5 Å². The van der Waals surface area contributed by atoms with Crippen LogP contribution in [0.15, 0.2) is 12.1 Å². The van der Waals surface area contributed by atoms with Gasteiger partial charge in [-0.05, 0) is 18.4 Å². The van der Waals surface area contributed by atoms with Gasteiger partial charge < -0.3 is 11.1 Å². The number of anilines is 1. The van der Waals surface area contributed by atoms with Gasteiger partial charge in [0.1, 0.15) is 5.82 Å². The van der Waals surface area contributed by atoms with Gasteiger partial charge in [-0.15, -0.1) is 0 Å². The maximum absolute atomic E-state index is 13.4. The maximum atomic E-state index is 13.4. The number of nitro benzene ring substituents is 1. The Labute approximate surface area is 117 Å². The number of nitrogens with two attached hydrogens (primary N) is 1. The zero-order valence-electron chi connectivity index (χ0n) is 10.6. The van der Waals surface area contributed by atoms with Crippen LogP contribution in [0.3, 0.4) is 0 Å². The second-order valence-electron chi connectivity index (χ2n) is 3.92. The molecule has 6 nitrogen and oxygen atoms in total. The highest BCUT2D eigenvalue weighted by atomic mass is 32.2. The van der Waals surface area contributed by atoms with Gasteiger partial charge in [0.2, 0.25) is 11.7 Å². The quantitative estimate of drug-likeness (QED) is 0.618. The molecule has 0 saturated carbocycles. The molecule has 1 aromatic carbocycles. The molecule has 20 heavy (non-hydrogen) atoms. The van der Waals surface area contributed by atoms with Crippen LogP contribution in [0, 0.1) is 21.7 Å². The largest absolute Gasteiger partial charge is 0.322 e. The highest BCUT2D eigenvalue weighted by molar-refractivity contribution is 7.98. The highest BCUT2D eigenvalue weighted by Gasteiger charge is 2.21. The van der Waals surface area contributed by atoms with Gasteiger partial charge in [0.15, 0.2) is 0 Å². The average molecular weight is 305 g/mol. The summed E-state index contributed by atoms with van der Waals surface area (Å²) in [6.07, 6.45) is 2.21. The van der Waals surface area contributed by atoms with E-state index in [4.69, 9.17) is 5.73 Å². The van der Waals surface area contributed by atoms with Crippen molar-refractivity contribution in [2.75, 3.05) is 17.3 Å². The Morgan fingerprint density at radius 3 is 2.70 bits per heavy atom. The van der Waals surface area contributed by atoms with Crippen LogP contribution in [0.2, 0.25) is 0 Å². The van der Waals surface area contributed by atoms with Crippen LogP contribution in [0.1, 0.15) is 6.42 Å². The fourth-order valence-corrected chi connectivity index (χ4v) is 1.86. The summed E-state index contributed by atoms with van der Waals surface area (Å²) in [5.74, 6) is -2.45. The number of rotatable bonds is 6. The van der Waals surface area contributed by atoms with Gasteiger partial charge >= 0.3 is 5.69 Å². The standard InChI is InChI=1S/C11H13F2N3O3S/c1-20-3-2-8(14)11(17)15-9-5-10(16(18)19)7(13)4-6(9)12/h4-5,8H,2-3,14H2,1H3,(H,15,17)/t8-/m1/s1. The first-order valence-corrected chi connectivity index (χ1v) is 6.95. The molecule has 0 heterocycles. The molecular formula is C11H13F2N3O3S. The van der Waals surface area contributed by atoms with Crippen molar-refractivity contribution in [3.05, 3.63) is 33.9 Å². The molecular weight excluding hydrogens is 292 g/mol. The SMILES string of the molecule is CSCC[C@@H](N)C(=O)Nc1cc([N+](=O)[O-])c(F)cc1F. The maximum Gasteiger partial charge on any atom is 0.307 e. The predicted molar refractivity (Wildman–Crippen MR) is 72.6 cm³/mol. The molecule has 0 unspecified atom stereocenters. The van der Waals surface area contributed by atoms with Crippen molar-refractivity contribution in [3.8, 4) is 0 Å². The van der Waals surface area contributed by atoms with E-state index in [9.17, 15) is 23.7 Å². The molecule has 0 bridgehead atoms. The van der Waals surface area contributed by atoms with Gasteiger partial charge in [0.05, 0.1) is 16.7 Å². The molecule has 110 valence electrons. The van der Waals surface area contributed by atoms with E-state index in [1.807, 2.05) is 6.26 Å². The summed E-state index contributed by atoms with van der Waals surface area (Å²) < 4.78 is 26.6. The molecule has 0 aliphatic heterocycles. The van der Waals surface area contributed by atoms with Crippen LogP contribution in [0.25, 0.3) is 0 Å². The minimum Gasteiger partial charge on any atom is -0.322 e. The van der Waals surface area contributed by atoms with Crippen molar-refractivity contribution in [1.29, 1.82) is 0 Å². The van der Waals surface area contributed by atoms with Crippen molar-refractivity contribution in [1.82, 2.24) is 0 Å². The van der Waals surface area contributed by atoms with Gasteiger partial charge in [-0.2, -0.15) is 16.2 Å². The van der Waals surface area contributed by atoms with Crippen molar-refractivity contribution in [3.63, 3.8) is 0 Å². The number of thioether (sulfide) groups is 1. The number of nitrogens with one attached hydrogen (secondary N) is 1. The molecule has 1 aromatic rings. The Balaban J connectivity index is 2.89. The van der Waals surface area contributed by atoms with Crippen molar-refractivity contribution in [2.24, 2.45) is 5.73 Å². The lowest BCUT2D eigenvalue weighted by molar-refractivity contribution is -0.387. The summed E-state index contributed by atoms with van der Waals surface area (Å²) in [5.41, 5.74) is 4.19. The molecule has 3 N–H and O–H groups in total. The molecule has 0 radical (unpaired) electrons. The van der Waals surface area contributed by atoms with Crippen LogP contribution < -0.4 is 11.1 Å². The Hall–Kier alpha value is -1.74. The first kappa shape index (κ1) is 16.3. The number of nitrogens with zero attached hydrogens (tertiary/aromatic N) is 1. The third-order valence-corrected chi connectivity index (χ3v) is 3.10. The lowest BCUT2D eigenvalue weighted by atomic mass is 10.2. The third kappa shape index (κ3) is 4.14. The van der Waals surface area contributed by atoms with Crippen LogP contribution in [-0.2, 0) is 4.79 Å². The van der Waals surface area contributed by atoms with Crippen molar-refractivity contribution in [2.45, 2.75) is 12.5 Å². The number of carbonyl (C=O) groups is 1. The normalized spacial score (nSPS) is 12.0. The summed E-state index contributed by atoms with van der Waals surface area (Å²) in [6, 6.07) is 0.108.